The highest BCUT2D eigenvalue weighted by Crippen LogP contribution is 2.31. The van der Waals surface area contributed by atoms with Gasteiger partial charge in [-0.3, -0.25) is 0 Å². The van der Waals surface area contributed by atoms with Gasteiger partial charge in [0, 0.05) is 6.07 Å². The zero-order valence-electron chi connectivity index (χ0n) is 10.8. The van der Waals surface area contributed by atoms with Crippen molar-refractivity contribution in [1.29, 1.82) is 0 Å². The molecule has 0 saturated heterocycles. The molecule has 0 aromatic heterocycles. The average Bonchev–Trinajstić information content (AvgIpc) is 2.29. The predicted molar refractivity (Wildman–Crippen MR) is 71.5 cm³/mol. The van der Waals surface area contributed by atoms with E-state index in [-0.39, 0.29) is 5.82 Å². The number of nitrogens with two attached hydrogens (primary N) is 1. The molecule has 0 bridgehead atoms. The second-order valence-electron chi connectivity index (χ2n) is 4.51. The molecule has 0 aliphatic heterocycles. The first-order chi connectivity index (χ1) is 8.47. The van der Waals surface area contributed by atoms with Crippen molar-refractivity contribution in [2.45, 2.75) is 20.8 Å². The van der Waals surface area contributed by atoms with Crippen molar-refractivity contribution >= 4 is 5.69 Å². The number of hydrogen-bond acceptors (Lipinski definition) is 2. The largest absolute Gasteiger partial charge is 0.455 e. The second kappa shape index (κ2) is 4.69. The summed E-state index contributed by atoms with van der Waals surface area (Å²) in [5, 5.41) is 0. The molecule has 18 heavy (non-hydrogen) atoms. The Kier molecular flexibility index (Phi) is 3.24. The van der Waals surface area contributed by atoms with Crippen molar-refractivity contribution in [3.8, 4) is 11.5 Å². The number of anilines is 1. The summed E-state index contributed by atoms with van der Waals surface area (Å²) in [5.74, 6) is 0.902. The van der Waals surface area contributed by atoms with E-state index < -0.39 is 0 Å². The molecule has 0 aliphatic rings. The number of aryl methyl sites for hydroxylation is 3. The minimum Gasteiger partial charge on any atom is -0.455 e. The highest BCUT2D eigenvalue weighted by molar-refractivity contribution is 5.56. The van der Waals surface area contributed by atoms with Crippen LogP contribution in [0.1, 0.15) is 16.7 Å². The first kappa shape index (κ1) is 12.4. The number of ether oxygens (including phenoxy) is 1. The Balaban J connectivity index is 2.37. The van der Waals surface area contributed by atoms with Gasteiger partial charge in [0.25, 0.3) is 0 Å². The number of nitrogen functional groups attached to an aromatic ring is 1. The Bertz CT molecular complexity index is 593. The molecule has 0 atom stereocenters. The zero-order chi connectivity index (χ0) is 13.3. The normalized spacial score (nSPS) is 10.4. The molecule has 2 aromatic carbocycles. The van der Waals surface area contributed by atoms with Crippen LogP contribution in [0.15, 0.2) is 30.3 Å². The maximum absolute atomic E-state index is 13.3. The Morgan fingerprint density at radius 3 is 2.33 bits per heavy atom. The Morgan fingerprint density at radius 2 is 1.67 bits per heavy atom. The van der Waals surface area contributed by atoms with E-state index in [0.29, 0.717) is 17.0 Å². The van der Waals surface area contributed by atoms with Gasteiger partial charge in [-0.2, -0.15) is 0 Å². The molecule has 0 heterocycles. The smallest absolute Gasteiger partial charge is 0.150 e. The molecule has 0 amide bonds. The van der Waals surface area contributed by atoms with Crippen LogP contribution >= 0.6 is 0 Å². The molecule has 2 nitrogen and oxygen atoms in total. The minimum absolute atomic E-state index is 0.304. The fraction of sp³-hybridized carbons (Fsp3) is 0.200. The highest BCUT2D eigenvalue weighted by atomic mass is 19.1. The number of rotatable bonds is 2. The lowest BCUT2D eigenvalue weighted by Gasteiger charge is -2.12. The van der Waals surface area contributed by atoms with Gasteiger partial charge in [-0.1, -0.05) is 17.7 Å². The molecule has 94 valence electrons. The second-order valence-corrected chi connectivity index (χ2v) is 4.51. The maximum Gasteiger partial charge on any atom is 0.150 e. The van der Waals surface area contributed by atoms with Gasteiger partial charge in [0.2, 0.25) is 0 Å². The van der Waals surface area contributed by atoms with E-state index in [9.17, 15) is 4.39 Å². The summed E-state index contributed by atoms with van der Waals surface area (Å²) in [6.45, 7) is 5.67. The zero-order valence-corrected chi connectivity index (χ0v) is 10.8. The SMILES string of the molecule is Cc1ccc(Oc2cc(C)c(F)cc2N)c(C)c1. The summed E-state index contributed by atoms with van der Waals surface area (Å²) in [4.78, 5) is 0. The fourth-order valence-corrected chi connectivity index (χ4v) is 1.79. The maximum atomic E-state index is 13.3. The average molecular weight is 245 g/mol. The predicted octanol–water partition coefficient (Wildman–Crippen LogP) is 4.13. The van der Waals surface area contributed by atoms with E-state index in [1.165, 1.54) is 11.6 Å². The lowest BCUT2D eigenvalue weighted by molar-refractivity contribution is 0.478. The van der Waals surface area contributed by atoms with E-state index in [0.717, 1.165) is 11.3 Å². The molecule has 0 spiro atoms. The van der Waals surface area contributed by atoms with Gasteiger partial charge in [-0.25, -0.2) is 4.39 Å². The van der Waals surface area contributed by atoms with Crippen LogP contribution in [0.5, 0.6) is 11.5 Å². The van der Waals surface area contributed by atoms with Gasteiger partial charge in [0.15, 0.2) is 5.75 Å². The molecule has 0 aliphatic carbocycles. The van der Waals surface area contributed by atoms with E-state index >= 15 is 0 Å². The Labute approximate surface area is 106 Å². The molecule has 0 unspecified atom stereocenters. The van der Waals surface area contributed by atoms with E-state index in [2.05, 4.69) is 0 Å². The third-order valence-corrected chi connectivity index (χ3v) is 2.84. The summed E-state index contributed by atoms with van der Waals surface area (Å²) in [5.41, 5.74) is 8.77. The van der Waals surface area contributed by atoms with Gasteiger partial charge in [0.1, 0.15) is 11.6 Å². The molecule has 3 heteroatoms. The van der Waals surface area contributed by atoms with Crippen LogP contribution in [0, 0.1) is 26.6 Å². The summed E-state index contributed by atoms with van der Waals surface area (Å²) in [6, 6.07) is 8.79. The van der Waals surface area contributed by atoms with Gasteiger partial charge < -0.3 is 10.5 Å². The summed E-state index contributed by atoms with van der Waals surface area (Å²) in [7, 11) is 0. The van der Waals surface area contributed by atoms with Crippen molar-refractivity contribution in [1.82, 2.24) is 0 Å². The summed E-state index contributed by atoms with van der Waals surface area (Å²) >= 11 is 0. The van der Waals surface area contributed by atoms with Gasteiger partial charge in [0.05, 0.1) is 5.69 Å². The first-order valence-corrected chi connectivity index (χ1v) is 5.78. The number of hydrogen-bond donors (Lipinski definition) is 1. The molecular formula is C15H16FNO. The number of halogens is 1. The van der Waals surface area contributed by atoms with Crippen LogP contribution in [-0.4, -0.2) is 0 Å². The standard InChI is InChI=1S/C15H16FNO/c1-9-4-5-14(11(3)6-9)18-15-7-10(2)12(16)8-13(15)17/h4-8H,17H2,1-3H3. The van der Waals surface area contributed by atoms with Crippen LogP contribution in [0.4, 0.5) is 10.1 Å². The van der Waals surface area contributed by atoms with Crippen LogP contribution < -0.4 is 10.5 Å². The van der Waals surface area contributed by atoms with Crippen LogP contribution in [-0.2, 0) is 0 Å². The first-order valence-electron chi connectivity index (χ1n) is 5.78. The summed E-state index contributed by atoms with van der Waals surface area (Å²) in [6.07, 6.45) is 0. The Morgan fingerprint density at radius 1 is 0.944 bits per heavy atom. The lowest BCUT2D eigenvalue weighted by Crippen LogP contribution is -1.96. The van der Waals surface area contributed by atoms with Crippen molar-refractivity contribution in [2.24, 2.45) is 0 Å². The van der Waals surface area contributed by atoms with Crippen LogP contribution in [0.3, 0.4) is 0 Å². The van der Waals surface area contributed by atoms with Crippen LogP contribution in [0.2, 0.25) is 0 Å². The van der Waals surface area contributed by atoms with Gasteiger partial charge in [-0.05, 0) is 44.0 Å². The lowest BCUT2D eigenvalue weighted by atomic mass is 10.1. The highest BCUT2D eigenvalue weighted by Gasteiger charge is 2.08. The van der Waals surface area contributed by atoms with E-state index in [4.69, 9.17) is 10.5 Å². The summed E-state index contributed by atoms with van der Waals surface area (Å²) < 4.78 is 19.0. The quantitative estimate of drug-likeness (QED) is 0.807. The van der Waals surface area contributed by atoms with Gasteiger partial charge in [-0.15, -0.1) is 0 Å². The van der Waals surface area contributed by atoms with E-state index in [1.54, 1.807) is 13.0 Å². The topological polar surface area (TPSA) is 35.2 Å². The van der Waals surface area contributed by atoms with E-state index in [1.807, 2.05) is 32.0 Å². The van der Waals surface area contributed by atoms with Crippen molar-refractivity contribution in [2.75, 3.05) is 5.73 Å². The molecular weight excluding hydrogens is 229 g/mol. The molecule has 2 N–H and O–H groups in total. The van der Waals surface area contributed by atoms with Gasteiger partial charge >= 0.3 is 0 Å². The molecule has 2 rings (SSSR count). The molecule has 0 fully saturated rings. The molecule has 0 saturated carbocycles. The third-order valence-electron chi connectivity index (χ3n) is 2.84. The minimum atomic E-state index is -0.319. The monoisotopic (exact) mass is 245 g/mol. The third kappa shape index (κ3) is 2.45. The van der Waals surface area contributed by atoms with Crippen molar-refractivity contribution in [3.05, 3.63) is 52.8 Å². The fourth-order valence-electron chi connectivity index (χ4n) is 1.79. The van der Waals surface area contributed by atoms with Crippen molar-refractivity contribution in [3.63, 3.8) is 0 Å². The molecule has 0 radical (unpaired) electrons. The Hall–Kier alpha value is -2.03. The van der Waals surface area contributed by atoms with Crippen molar-refractivity contribution < 1.29 is 9.13 Å². The molecule has 2 aromatic rings. The number of benzene rings is 2. The van der Waals surface area contributed by atoms with Crippen LogP contribution in [0.25, 0.3) is 0 Å².